The van der Waals surface area contributed by atoms with Crippen molar-refractivity contribution in [1.82, 2.24) is 16.2 Å². The van der Waals surface area contributed by atoms with Crippen LogP contribution in [0, 0.1) is 11.8 Å². The predicted octanol–water partition coefficient (Wildman–Crippen LogP) is 5.25. The molecule has 0 aliphatic heterocycles. The molecule has 0 aromatic heterocycles. The van der Waals surface area contributed by atoms with Crippen molar-refractivity contribution in [1.29, 1.82) is 0 Å². The van der Waals surface area contributed by atoms with Gasteiger partial charge in [-0.1, -0.05) is 27.7 Å². The molecule has 9 heteroatoms. The maximum Gasteiger partial charge on any atom is 0.269 e. The van der Waals surface area contributed by atoms with E-state index in [4.69, 9.17) is 21.7 Å². The molecule has 2 amide bonds. The van der Waals surface area contributed by atoms with Crippen LogP contribution in [0.4, 0.5) is 0 Å². The Morgan fingerprint density at radius 1 is 0.853 bits per heavy atom. The number of hydrazine groups is 1. The quantitative estimate of drug-likeness (QED) is 0.277. The number of carbonyl (C=O) groups is 2. The van der Waals surface area contributed by atoms with Crippen LogP contribution in [0.3, 0.4) is 0 Å². The molecule has 0 aliphatic carbocycles. The predicted molar refractivity (Wildman–Crippen MR) is 141 cm³/mol. The lowest BCUT2D eigenvalue weighted by molar-refractivity contribution is 0.0934. The molecule has 7 nitrogen and oxygen atoms in total. The third-order valence-electron chi connectivity index (χ3n) is 4.74. The van der Waals surface area contributed by atoms with Crippen molar-refractivity contribution in [2.45, 2.75) is 40.5 Å². The number of thiocarbonyl (C=S) groups is 1. The molecule has 0 heterocycles. The number of carbonyl (C=O) groups excluding carboxylic acids is 2. The molecule has 0 aliphatic rings. The second-order valence-electron chi connectivity index (χ2n) is 8.59. The fraction of sp³-hybridized carbons (Fsp3) is 0.400. The number of hydrogen-bond donors (Lipinski definition) is 3. The van der Waals surface area contributed by atoms with Crippen LogP contribution in [0.2, 0.25) is 0 Å². The van der Waals surface area contributed by atoms with Crippen LogP contribution in [0.15, 0.2) is 46.9 Å². The van der Waals surface area contributed by atoms with Gasteiger partial charge in [-0.25, -0.2) is 0 Å². The zero-order valence-corrected chi connectivity index (χ0v) is 22.3. The van der Waals surface area contributed by atoms with E-state index >= 15 is 0 Å². The summed E-state index contributed by atoms with van der Waals surface area (Å²) in [5.74, 6) is 1.68. The summed E-state index contributed by atoms with van der Waals surface area (Å²) >= 11 is 8.54. The van der Waals surface area contributed by atoms with Gasteiger partial charge in [-0.05, 0) is 95.3 Å². The maximum atomic E-state index is 12.5. The number of nitrogens with one attached hydrogen (secondary N) is 3. The molecular weight excluding hydrogens is 518 g/mol. The highest BCUT2D eigenvalue weighted by atomic mass is 79.9. The molecular formula is C25H32BrN3O4S. The molecule has 0 saturated heterocycles. The van der Waals surface area contributed by atoms with Gasteiger partial charge in [-0.2, -0.15) is 0 Å². The summed E-state index contributed by atoms with van der Waals surface area (Å²) in [5, 5.41) is 2.51. The van der Waals surface area contributed by atoms with Gasteiger partial charge in [0.2, 0.25) is 0 Å². The minimum atomic E-state index is -0.413. The van der Waals surface area contributed by atoms with Crippen molar-refractivity contribution in [3.05, 3.63) is 58.1 Å². The van der Waals surface area contributed by atoms with Crippen molar-refractivity contribution in [2.75, 3.05) is 13.2 Å². The normalized spacial score (nSPS) is 10.7. The van der Waals surface area contributed by atoms with E-state index in [1.807, 2.05) is 0 Å². The van der Waals surface area contributed by atoms with E-state index in [0.29, 0.717) is 52.1 Å². The Bertz CT molecular complexity index is 981. The van der Waals surface area contributed by atoms with E-state index in [1.54, 1.807) is 42.5 Å². The highest BCUT2D eigenvalue weighted by Gasteiger charge is 2.12. The Hall–Kier alpha value is -2.65. The molecule has 0 unspecified atom stereocenters. The van der Waals surface area contributed by atoms with Crippen LogP contribution >= 0.6 is 28.1 Å². The Kier molecular flexibility index (Phi) is 11.3. The number of benzene rings is 2. The first-order chi connectivity index (χ1) is 16.2. The molecule has 2 aromatic carbocycles. The van der Waals surface area contributed by atoms with Crippen molar-refractivity contribution in [3.63, 3.8) is 0 Å². The Balaban J connectivity index is 1.80. The minimum Gasteiger partial charge on any atom is -0.494 e. The van der Waals surface area contributed by atoms with Gasteiger partial charge in [0.05, 0.1) is 17.7 Å². The molecule has 2 rings (SSSR count). The zero-order chi connectivity index (χ0) is 25.1. The van der Waals surface area contributed by atoms with Crippen LogP contribution in [-0.2, 0) is 0 Å². The summed E-state index contributed by atoms with van der Waals surface area (Å²) in [6.07, 6.45) is 1.90. The molecule has 0 spiro atoms. The van der Waals surface area contributed by atoms with E-state index < -0.39 is 11.8 Å². The molecule has 0 saturated carbocycles. The second kappa shape index (κ2) is 13.9. The SMILES string of the molecule is CC(C)CCOc1ccc(C(=O)NNC(=S)NC(=O)c2ccc(OCCC(C)C)c(Br)c2)cc1. The van der Waals surface area contributed by atoms with Gasteiger partial charge in [0.25, 0.3) is 11.8 Å². The number of rotatable bonds is 10. The van der Waals surface area contributed by atoms with Crippen LogP contribution in [0.5, 0.6) is 11.5 Å². The van der Waals surface area contributed by atoms with E-state index in [0.717, 1.165) is 12.8 Å². The first kappa shape index (κ1) is 27.6. The van der Waals surface area contributed by atoms with E-state index in [9.17, 15) is 9.59 Å². The van der Waals surface area contributed by atoms with Crippen LogP contribution in [-0.4, -0.2) is 30.1 Å². The summed E-state index contributed by atoms with van der Waals surface area (Å²) < 4.78 is 12.1. The lowest BCUT2D eigenvalue weighted by atomic mass is 10.1. The van der Waals surface area contributed by atoms with Gasteiger partial charge in [0.15, 0.2) is 5.11 Å². The summed E-state index contributed by atoms with van der Waals surface area (Å²) in [5.41, 5.74) is 5.83. The van der Waals surface area contributed by atoms with Gasteiger partial charge >= 0.3 is 0 Å². The van der Waals surface area contributed by atoms with Gasteiger partial charge < -0.3 is 9.47 Å². The topological polar surface area (TPSA) is 88.7 Å². The Morgan fingerprint density at radius 2 is 1.44 bits per heavy atom. The molecule has 184 valence electrons. The second-order valence-corrected chi connectivity index (χ2v) is 9.86. The fourth-order valence-corrected chi connectivity index (χ4v) is 3.31. The van der Waals surface area contributed by atoms with Crippen molar-refractivity contribution in [2.24, 2.45) is 11.8 Å². The first-order valence-corrected chi connectivity index (χ1v) is 12.4. The molecule has 0 radical (unpaired) electrons. The largest absolute Gasteiger partial charge is 0.494 e. The number of hydrogen-bond acceptors (Lipinski definition) is 5. The number of ether oxygens (including phenoxy) is 2. The first-order valence-electron chi connectivity index (χ1n) is 11.2. The van der Waals surface area contributed by atoms with Crippen molar-refractivity contribution >= 4 is 45.1 Å². The van der Waals surface area contributed by atoms with E-state index in [1.165, 1.54) is 0 Å². The van der Waals surface area contributed by atoms with Crippen LogP contribution in [0.25, 0.3) is 0 Å². The Morgan fingerprint density at radius 3 is 2.03 bits per heavy atom. The standard InChI is InChI=1S/C25H32BrN3O4S/c1-16(2)11-13-32-20-8-5-18(6-9-20)24(31)28-29-25(34)27-23(30)19-7-10-22(21(26)15-19)33-14-12-17(3)4/h5-10,15-17H,11-14H2,1-4H3,(H,28,31)(H2,27,29,30,34). The van der Waals surface area contributed by atoms with Crippen LogP contribution < -0.4 is 25.6 Å². The monoisotopic (exact) mass is 549 g/mol. The van der Waals surface area contributed by atoms with Crippen molar-refractivity contribution in [3.8, 4) is 11.5 Å². The number of amides is 2. The van der Waals surface area contributed by atoms with Crippen molar-refractivity contribution < 1.29 is 19.1 Å². The third-order valence-corrected chi connectivity index (χ3v) is 5.57. The lowest BCUT2D eigenvalue weighted by Gasteiger charge is -2.13. The van der Waals surface area contributed by atoms with Gasteiger partial charge in [0, 0.05) is 11.1 Å². The van der Waals surface area contributed by atoms with Gasteiger partial charge in [-0.15, -0.1) is 0 Å². The lowest BCUT2D eigenvalue weighted by Crippen LogP contribution is -2.48. The maximum absolute atomic E-state index is 12.5. The van der Waals surface area contributed by atoms with Gasteiger partial charge in [0.1, 0.15) is 11.5 Å². The van der Waals surface area contributed by atoms with E-state index in [-0.39, 0.29) is 5.11 Å². The average Bonchev–Trinajstić information content (AvgIpc) is 2.78. The molecule has 3 N–H and O–H groups in total. The highest BCUT2D eigenvalue weighted by molar-refractivity contribution is 9.10. The minimum absolute atomic E-state index is 0.0274. The zero-order valence-electron chi connectivity index (χ0n) is 19.9. The average molecular weight is 551 g/mol. The fourth-order valence-electron chi connectivity index (χ4n) is 2.67. The summed E-state index contributed by atoms with van der Waals surface area (Å²) in [4.78, 5) is 24.8. The highest BCUT2D eigenvalue weighted by Crippen LogP contribution is 2.26. The summed E-state index contributed by atoms with van der Waals surface area (Å²) in [6, 6.07) is 11.8. The molecule has 0 bridgehead atoms. The Labute approximate surface area is 215 Å². The molecule has 2 aromatic rings. The smallest absolute Gasteiger partial charge is 0.269 e. The molecule has 34 heavy (non-hydrogen) atoms. The summed E-state index contributed by atoms with van der Waals surface area (Å²) in [6.45, 7) is 9.76. The molecule has 0 atom stereocenters. The molecule has 0 fully saturated rings. The van der Waals surface area contributed by atoms with E-state index in [2.05, 4.69) is 59.8 Å². The van der Waals surface area contributed by atoms with Crippen LogP contribution in [0.1, 0.15) is 61.3 Å². The summed E-state index contributed by atoms with van der Waals surface area (Å²) in [7, 11) is 0. The third kappa shape index (κ3) is 9.69. The number of halogens is 1. The van der Waals surface area contributed by atoms with Gasteiger partial charge in [-0.3, -0.25) is 25.8 Å².